The van der Waals surface area contributed by atoms with E-state index in [9.17, 15) is 0 Å². The molecule has 1 aromatic rings. The summed E-state index contributed by atoms with van der Waals surface area (Å²) in [6.45, 7) is 5.21. The zero-order valence-corrected chi connectivity index (χ0v) is 10.7. The molecule has 16 heavy (non-hydrogen) atoms. The van der Waals surface area contributed by atoms with Crippen molar-refractivity contribution >= 4 is 0 Å². The molecular weight excluding hydrogens is 202 g/mol. The Morgan fingerprint density at radius 1 is 1.56 bits per heavy atom. The Morgan fingerprint density at radius 3 is 2.81 bits per heavy atom. The van der Waals surface area contributed by atoms with Crippen molar-refractivity contribution in [1.29, 1.82) is 0 Å². The Balaban J connectivity index is 2.43. The van der Waals surface area contributed by atoms with Crippen molar-refractivity contribution in [2.24, 2.45) is 7.05 Å². The molecular formula is C12H23N3O. The molecule has 0 saturated heterocycles. The van der Waals surface area contributed by atoms with E-state index in [-0.39, 0.29) is 6.10 Å². The highest BCUT2D eigenvalue weighted by atomic mass is 16.5. The van der Waals surface area contributed by atoms with Crippen LogP contribution in [0.2, 0.25) is 0 Å². The van der Waals surface area contributed by atoms with Crippen LogP contribution in [-0.2, 0) is 18.2 Å². The van der Waals surface area contributed by atoms with Crippen LogP contribution < -0.4 is 5.32 Å². The SMILES string of the molecule is CCNC(CCc1cnn(C)c1)C(C)OC. The Kier molecular flexibility index (Phi) is 5.49. The number of hydrogen-bond acceptors (Lipinski definition) is 3. The number of hydrogen-bond donors (Lipinski definition) is 1. The molecule has 2 unspecified atom stereocenters. The van der Waals surface area contributed by atoms with Crippen molar-refractivity contribution in [2.75, 3.05) is 13.7 Å². The molecule has 0 aromatic carbocycles. The number of methoxy groups -OCH3 is 1. The van der Waals surface area contributed by atoms with Gasteiger partial charge in [-0.1, -0.05) is 6.92 Å². The second-order valence-corrected chi connectivity index (χ2v) is 4.17. The van der Waals surface area contributed by atoms with Gasteiger partial charge >= 0.3 is 0 Å². The van der Waals surface area contributed by atoms with Crippen LogP contribution in [0.15, 0.2) is 12.4 Å². The lowest BCUT2D eigenvalue weighted by Crippen LogP contribution is -2.39. The summed E-state index contributed by atoms with van der Waals surface area (Å²) in [4.78, 5) is 0. The first kappa shape index (κ1) is 13.2. The van der Waals surface area contributed by atoms with E-state index in [4.69, 9.17) is 4.74 Å². The second-order valence-electron chi connectivity index (χ2n) is 4.17. The molecule has 0 saturated carbocycles. The van der Waals surface area contributed by atoms with Gasteiger partial charge in [-0.25, -0.2) is 0 Å². The molecule has 2 atom stereocenters. The highest BCUT2D eigenvalue weighted by molar-refractivity contribution is 5.04. The molecule has 0 aliphatic carbocycles. The third-order valence-corrected chi connectivity index (χ3v) is 2.91. The molecule has 0 amide bonds. The summed E-state index contributed by atoms with van der Waals surface area (Å²) in [5, 5.41) is 7.63. The van der Waals surface area contributed by atoms with Crippen LogP contribution in [0.1, 0.15) is 25.8 Å². The molecule has 0 aliphatic heterocycles. The third-order valence-electron chi connectivity index (χ3n) is 2.91. The van der Waals surface area contributed by atoms with Crippen LogP contribution in [-0.4, -0.2) is 35.6 Å². The molecule has 1 N–H and O–H groups in total. The van der Waals surface area contributed by atoms with E-state index in [0.29, 0.717) is 6.04 Å². The fourth-order valence-electron chi connectivity index (χ4n) is 1.85. The van der Waals surface area contributed by atoms with Crippen LogP contribution in [0.4, 0.5) is 0 Å². The van der Waals surface area contributed by atoms with Gasteiger partial charge in [0.1, 0.15) is 0 Å². The average Bonchev–Trinajstić information content (AvgIpc) is 2.69. The predicted octanol–water partition coefficient (Wildman–Crippen LogP) is 1.37. The minimum atomic E-state index is 0.247. The van der Waals surface area contributed by atoms with Gasteiger partial charge in [-0.05, 0) is 31.9 Å². The van der Waals surface area contributed by atoms with Gasteiger partial charge in [0.15, 0.2) is 0 Å². The monoisotopic (exact) mass is 225 g/mol. The Labute approximate surface area is 98.0 Å². The van der Waals surface area contributed by atoms with Crippen molar-refractivity contribution in [3.8, 4) is 0 Å². The average molecular weight is 225 g/mol. The molecule has 0 spiro atoms. The molecule has 1 rings (SSSR count). The Morgan fingerprint density at radius 2 is 2.31 bits per heavy atom. The van der Waals surface area contributed by atoms with Gasteiger partial charge in [0, 0.05) is 26.4 Å². The van der Waals surface area contributed by atoms with Crippen LogP contribution in [0.5, 0.6) is 0 Å². The van der Waals surface area contributed by atoms with E-state index >= 15 is 0 Å². The first-order valence-corrected chi connectivity index (χ1v) is 5.91. The number of likely N-dealkylation sites (N-methyl/N-ethyl adjacent to an activating group) is 1. The standard InChI is InChI=1S/C12H23N3O/c1-5-13-12(10(2)16-4)7-6-11-8-14-15(3)9-11/h8-10,12-13H,5-7H2,1-4H3. The van der Waals surface area contributed by atoms with Crippen molar-refractivity contribution in [2.45, 2.75) is 38.8 Å². The molecule has 0 bridgehead atoms. The molecule has 0 aliphatic rings. The summed E-state index contributed by atoms with van der Waals surface area (Å²) in [6, 6.07) is 0.412. The number of aryl methyl sites for hydroxylation is 2. The third kappa shape index (κ3) is 3.94. The second kappa shape index (κ2) is 6.66. The van der Waals surface area contributed by atoms with Crippen LogP contribution in [0.25, 0.3) is 0 Å². The van der Waals surface area contributed by atoms with E-state index in [1.54, 1.807) is 7.11 Å². The topological polar surface area (TPSA) is 39.1 Å². The summed E-state index contributed by atoms with van der Waals surface area (Å²) in [7, 11) is 3.71. The molecule has 0 radical (unpaired) electrons. The first-order chi connectivity index (χ1) is 7.67. The summed E-state index contributed by atoms with van der Waals surface area (Å²) < 4.78 is 7.22. The van der Waals surface area contributed by atoms with Crippen LogP contribution in [0.3, 0.4) is 0 Å². The zero-order valence-electron chi connectivity index (χ0n) is 10.7. The first-order valence-electron chi connectivity index (χ1n) is 5.91. The quantitative estimate of drug-likeness (QED) is 0.761. The maximum atomic E-state index is 5.38. The van der Waals surface area contributed by atoms with E-state index in [1.165, 1.54) is 5.56 Å². The van der Waals surface area contributed by atoms with Gasteiger partial charge in [-0.15, -0.1) is 0 Å². The lowest BCUT2D eigenvalue weighted by atomic mass is 10.0. The van der Waals surface area contributed by atoms with Crippen molar-refractivity contribution in [3.05, 3.63) is 18.0 Å². The fraction of sp³-hybridized carbons (Fsp3) is 0.750. The normalized spacial score (nSPS) is 15.0. The highest BCUT2D eigenvalue weighted by Gasteiger charge is 2.15. The number of ether oxygens (including phenoxy) is 1. The maximum Gasteiger partial charge on any atom is 0.0696 e. The van der Waals surface area contributed by atoms with Gasteiger partial charge in [-0.2, -0.15) is 5.10 Å². The lowest BCUT2D eigenvalue weighted by Gasteiger charge is -2.23. The van der Waals surface area contributed by atoms with Crippen molar-refractivity contribution < 1.29 is 4.74 Å². The molecule has 92 valence electrons. The van der Waals surface area contributed by atoms with Crippen LogP contribution >= 0.6 is 0 Å². The van der Waals surface area contributed by atoms with Gasteiger partial charge in [0.25, 0.3) is 0 Å². The number of nitrogens with zero attached hydrogens (tertiary/aromatic N) is 2. The molecule has 4 heteroatoms. The molecule has 4 nitrogen and oxygen atoms in total. The molecule has 0 fully saturated rings. The fourth-order valence-corrected chi connectivity index (χ4v) is 1.85. The highest BCUT2D eigenvalue weighted by Crippen LogP contribution is 2.08. The summed E-state index contributed by atoms with van der Waals surface area (Å²) in [5.74, 6) is 0. The molecule has 1 aromatic heterocycles. The zero-order chi connectivity index (χ0) is 12.0. The summed E-state index contributed by atoms with van der Waals surface area (Å²) >= 11 is 0. The number of nitrogens with one attached hydrogen (secondary N) is 1. The van der Waals surface area contributed by atoms with Gasteiger partial charge in [0.2, 0.25) is 0 Å². The molecule has 1 heterocycles. The summed E-state index contributed by atoms with van der Waals surface area (Å²) in [6.07, 6.45) is 6.37. The van der Waals surface area contributed by atoms with Crippen LogP contribution in [0, 0.1) is 0 Å². The Bertz CT molecular complexity index is 298. The minimum absolute atomic E-state index is 0.247. The van der Waals surface area contributed by atoms with Gasteiger partial charge < -0.3 is 10.1 Å². The van der Waals surface area contributed by atoms with Crippen molar-refractivity contribution in [1.82, 2.24) is 15.1 Å². The maximum absolute atomic E-state index is 5.38. The van der Waals surface area contributed by atoms with Gasteiger partial charge in [0.05, 0.1) is 12.3 Å². The van der Waals surface area contributed by atoms with E-state index in [0.717, 1.165) is 19.4 Å². The number of rotatable bonds is 7. The summed E-state index contributed by atoms with van der Waals surface area (Å²) in [5.41, 5.74) is 1.29. The van der Waals surface area contributed by atoms with Gasteiger partial charge in [-0.3, -0.25) is 4.68 Å². The lowest BCUT2D eigenvalue weighted by molar-refractivity contribution is 0.0807. The van der Waals surface area contributed by atoms with E-state index in [2.05, 4.69) is 30.5 Å². The predicted molar refractivity (Wildman–Crippen MR) is 65.5 cm³/mol. The minimum Gasteiger partial charge on any atom is -0.380 e. The smallest absolute Gasteiger partial charge is 0.0696 e. The largest absolute Gasteiger partial charge is 0.380 e. The Hall–Kier alpha value is -0.870. The number of aromatic nitrogens is 2. The van der Waals surface area contributed by atoms with E-state index < -0.39 is 0 Å². The van der Waals surface area contributed by atoms with E-state index in [1.807, 2.05) is 17.9 Å². The van der Waals surface area contributed by atoms with Crippen molar-refractivity contribution in [3.63, 3.8) is 0 Å².